The lowest BCUT2D eigenvalue weighted by molar-refractivity contribution is -0.117. The molecule has 0 aliphatic heterocycles. The number of pyridine rings is 1. The molecule has 0 bridgehead atoms. The first kappa shape index (κ1) is 25.1. The number of rotatable bonds is 12. The van der Waals surface area contributed by atoms with Crippen LogP contribution in [0, 0.1) is 0 Å². The van der Waals surface area contributed by atoms with Gasteiger partial charge in [-0.25, -0.2) is 0 Å². The van der Waals surface area contributed by atoms with Crippen LogP contribution in [-0.2, 0) is 11.2 Å². The fourth-order valence-corrected chi connectivity index (χ4v) is 3.42. The van der Waals surface area contributed by atoms with E-state index in [-0.39, 0.29) is 11.9 Å². The Morgan fingerprint density at radius 1 is 1.19 bits per heavy atom. The van der Waals surface area contributed by atoms with Gasteiger partial charge in [-0.05, 0) is 87.8 Å². The Labute approximate surface area is 193 Å². The van der Waals surface area contributed by atoms with Crippen LogP contribution in [0.5, 0.6) is 5.75 Å². The van der Waals surface area contributed by atoms with Crippen molar-refractivity contribution in [1.29, 1.82) is 0 Å². The molecular formula is C28H36N2O2. The zero-order valence-electron chi connectivity index (χ0n) is 19.8. The summed E-state index contributed by atoms with van der Waals surface area (Å²) in [6, 6.07) is 12.2. The Morgan fingerprint density at radius 2 is 1.97 bits per heavy atom. The van der Waals surface area contributed by atoms with Gasteiger partial charge < -0.3 is 10.1 Å². The molecule has 0 unspecified atom stereocenters. The molecule has 4 nitrogen and oxygen atoms in total. The molecule has 0 spiro atoms. The summed E-state index contributed by atoms with van der Waals surface area (Å²) in [6.45, 7) is 6.27. The lowest BCUT2D eigenvalue weighted by atomic mass is 9.99. The van der Waals surface area contributed by atoms with E-state index in [1.807, 2.05) is 43.5 Å². The van der Waals surface area contributed by atoms with Crippen LogP contribution in [0.3, 0.4) is 0 Å². The topological polar surface area (TPSA) is 51.2 Å². The first-order chi connectivity index (χ1) is 15.5. The standard InChI is InChI=1S/C28H36N2O2/c1-22(2)9-5-13-25(26-16-18-27(32-4)19-17-26)14-7-15-28(31)30-23(3)10-6-11-24-12-8-20-29-21-24/h7-9,12,14-21,23H,5-6,10-11,13H2,1-4H3,(H,30,31)/b15-7+,25-14+/t23-/m1/s1. The van der Waals surface area contributed by atoms with Crippen LogP contribution in [0.2, 0.25) is 0 Å². The summed E-state index contributed by atoms with van der Waals surface area (Å²) in [7, 11) is 1.67. The maximum atomic E-state index is 12.3. The van der Waals surface area contributed by atoms with E-state index in [2.05, 4.69) is 48.4 Å². The van der Waals surface area contributed by atoms with Crippen LogP contribution < -0.4 is 10.1 Å². The van der Waals surface area contributed by atoms with Crippen molar-refractivity contribution in [2.75, 3.05) is 7.11 Å². The molecule has 0 aliphatic carbocycles. The lowest BCUT2D eigenvalue weighted by Crippen LogP contribution is -2.31. The predicted molar refractivity (Wildman–Crippen MR) is 134 cm³/mol. The molecule has 1 aromatic carbocycles. The SMILES string of the molecule is COc1ccc(/C(=C/C=C/C(=O)N[C@H](C)CCCc2cccnc2)CCC=C(C)C)cc1. The van der Waals surface area contributed by atoms with Gasteiger partial charge in [0.1, 0.15) is 5.75 Å². The number of benzene rings is 1. The summed E-state index contributed by atoms with van der Waals surface area (Å²) < 4.78 is 5.27. The second-order valence-electron chi connectivity index (χ2n) is 8.26. The highest BCUT2D eigenvalue weighted by Gasteiger charge is 2.05. The summed E-state index contributed by atoms with van der Waals surface area (Å²) in [5, 5.41) is 3.06. The molecule has 1 atom stereocenters. The summed E-state index contributed by atoms with van der Waals surface area (Å²) in [4.78, 5) is 16.5. The Kier molecular flexibility index (Phi) is 11.0. The largest absolute Gasteiger partial charge is 0.497 e. The third-order valence-corrected chi connectivity index (χ3v) is 5.19. The number of methoxy groups -OCH3 is 1. The minimum Gasteiger partial charge on any atom is -0.497 e. The van der Waals surface area contributed by atoms with Crippen molar-refractivity contribution >= 4 is 11.5 Å². The fraction of sp³-hybridized carbons (Fsp3) is 0.357. The molecule has 2 aromatic rings. The van der Waals surface area contributed by atoms with Gasteiger partial charge in [0.25, 0.3) is 0 Å². The number of carbonyl (C=O) groups is 1. The van der Waals surface area contributed by atoms with E-state index in [9.17, 15) is 4.79 Å². The molecule has 2 rings (SSSR count). The first-order valence-electron chi connectivity index (χ1n) is 11.3. The average Bonchev–Trinajstić information content (AvgIpc) is 2.78. The number of carbonyl (C=O) groups excluding carboxylic acids is 1. The van der Waals surface area contributed by atoms with Gasteiger partial charge in [-0.2, -0.15) is 0 Å². The van der Waals surface area contributed by atoms with Crippen molar-refractivity contribution < 1.29 is 9.53 Å². The maximum absolute atomic E-state index is 12.3. The van der Waals surface area contributed by atoms with Gasteiger partial charge in [0.15, 0.2) is 0 Å². The number of nitrogens with zero attached hydrogens (tertiary/aromatic N) is 1. The molecule has 0 saturated carbocycles. The maximum Gasteiger partial charge on any atom is 0.244 e. The number of allylic oxidation sites excluding steroid dienone is 5. The molecule has 1 amide bonds. The Morgan fingerprint density at radius 3 is 2.62 bits per heavy atom. The number of amides is 1. The molecular weight excluding hydrogens is 396 g/mol. The molecule has 0 fully saturated rings. The van der Waals surface area contributed by atoms with E-state index in [4.69, 9.17) is 4.74 Å². The number of nitrogens with one attached hydrogen (secondary N) is 1. The lowest BCUT2D eigenvalue weighted by Gasteiger charge is -2.12. The van der Waals surface area contributed by atoms with Gasteiger partial charge in [-0.15, -0.1) is 0 Å². The molecule has 0 saturated heterocycles. The van der Waals surface area contributed by atoms with Gasteiger partial charge in [0, 0.05) is 24.5 Å². The van der Waals surface area contributed by atoms with E-state index in [1.165, 1.54) is 16.7 Å². The molecule has 0 radical (unpaired) electrons. The van der Waals surface area contributed by atoms with Gasteiger partial charge in [-0.3, -0.25) is 9.78 Å². The predicted octanol–water partition coefficient (Wildman–Crippen LogP) is 6.30. The molecule has 1 N–H and O–H groups in total. The van der Waals surface area contributed by atoms with Crippen LogP contribution in [-0.4, -0.2) is 24.0 Å². The average molecular weight is 433 g/mol. The van der Waals surface area contributed by atoms with Crippen LogP contribution in [0.4, 0.5) is 0 Å². The van der Waals surface area contributed by atoms with Crippen LogP contribution in [0.1, 0.15) is 57.6 Å². The summed E-state index contributed by atoms with van der Waals surface area (Å²) in [5.74, 6) is 0.776. The first-order valence-corrected chi connectivity index (χ1v) is 11.3. The summed E-state index contributed by atoms with van der Waals surface area (Å²) >= 11 is 0. The van der Waals surface area contributed by atoms with Gasteiger partial charge in [-0.1, -0.05) is 42.0 Å². The number of ether oxygens (including phenoxy) is 1. The number of hydrogen-bond acceptors (Lipinski definition) is 3. The third-order valence-electron chi connectivity index (χ3n) is 5.19. The number of hydrogen-bond donors (Lipinski definition) is 1. The number of aryl methyl sites for hydroxylation is 1. The highest BCUT2D eigenvalue weighted by molar-refractivity contribution is 5.88. The highest BCUT2D eigenvalue weighted by atomic mass is 16.5. The monoisotopic (exact) mass is 432 g/mol. The van der Waals surface area contributed by atoms with E-state index in [0.29, 0.717) is 0 Å². The molecule has 1 heterocycles. The Bertz CT molecular complexity index is 908. The minimum atomic E-state index is -0.0616. The van der Waals surface area contributed by atoms with E-state index in [0.717, 1.165) is 43.4 Å². The van der Waals surface area contributed by atoms with Crippen molar-refractivity contribution in [1.82, 2.24) is 10.3 Å². The van der Waals surface area contributed by atoms with Crippen molar-refractivity contribution in [2.45, 2.75) is 58.9 Å². The molecule has 0 aliphatic rings. The summed E-state index contributed by atoms with van der Waals surface area (Å²) in [5.41, 5.74) is 4.88. The van der Waals surface area contributed by atoms with Gasteiger partial charge >= 0.3 is 0 Å². The quantitative estimate of drug-likeness (QED) is 0.243. The van der Waals surface area contributed by atoms with Crippen molar-refractivity contribution in [2.24, 2.45) is 0 Å². The fourth-order valence-electron chi connectivity index (χ4n) is 3.42. The highest BCUT2D eigenvalue weighted by Crippen LogP contribution is 2.23. The van der Waals surface area contributed by atoms with Crippen molar-refractivity contribution in [3.8, 4) is 5.75 Å². The minimum absolute atomic E-state index is 0.0616. The van der Waals surface area contributed by atoms with E-state index in [1.54, 1.807) is 19.4 Å². The third kappa shape index (κ3) is 9.78. The Hall–Kier alpha value is -3.14. The molecule has 4 heteroatoms. The number of aromatic nitrogens is 1. The van der Waals surface area contributed by atoms with Crippen molar-refractivity contribution in [3.05, 3.63) is 89.8 Å². The van der Waals surface area contributed by atoms with E-state index >= 15 is 0 Å². The zero-order valence-corrected chi connectivity index (χ0v) is 19.8. The van der Waals surface area contributed by atoms with Crippen LogP contribution >= 0.6 is 0 Å². The van der Waals surface area contributed by atoms with Crippen LogP contribution in [0.25, 0.3) is 5.57 Å². The van der Waals surface area contributed by atoms with Gasteiger partial charge in [0.2, 0.25) is 5.91 Å². The molecule has 1 aromatic heterocycles. The molecule has 32 heavy (non-hydrogen) atoms. The van der Waals surface area contributed by atoms with Gasteiger partial charge in [0.05, 0.1) is 7.11 Å². The summed E-state index contributed by atoms with van der Waals surface area (Å²) in [6.07, 6.45) is 16.2. The normalized spacial score (nSPS) is 12.4. The Balaban J connectivity index is 1.90. The van der Waals surface area contributed by atoms with Crippen LogP contribution in [0.15, 0.2) is 78.7 Å². The van der Waals surface area contributed by atoms with Crippen molar-refractivity contribution in [3.63, 3.8) is 0 Å². The van der Waals surface area contributed by atoms with E-state index < -0.39 is 0 Å². The molecule has 170 valence electrons. The smallest absolute Gasteiger partial charge is 0.244 e. The second kappa shape index (κ2) is 14.0. The zero-order chi connectivity index (χ0) is 23.2. The second-order valence-corrected chi connectivity index (χ2v) is 8.26.